The molecule has 0 fully saturated rings. The molecule has 17 heavy (non-hydrogen) atoms. The minimum absolute atomic E-state index is 0.289. The van der Waals surface area contributed by atoms with Crippen LogP contribution in [0.15, 0.2) is 24.3 Å². The maximum absolute atomic E-state index is 9.35. The fraction of sp³-hybridized carbons (Fsp3) is 0.214. The van der Waals surface area contributed by atoms with Crippen molar-refractivity contribution in [1.29, 1.82) is 0 Å². The molecule has 1 N–H and O–H groups in total. The van der Waals surface area contributed by atoms with E-state index in [1.54, 1.807) is 23.5 Å². The van der Waals surface area contributed by atoms with Crippen LogP contribution < -0.4 is 0 Å². The van der Waals surface area contributed by atoms with Crippen molar-refractivity contribution in [3.8, 4) is 5.75 Å². The van der Waals surface area contributed by atoms with Crippen molar-refractivity contribution < 1.29 is 5.11 Å². The Morgan fingerprint density at radius 3 is 2.82 bits per heavy atom. The van der Waals surface area contributed by atoms with Crippen LogP contribution in [0.1, 0.15) is 28.1 Å². The van der Waals surface area contributed by atoms with Gasteiger partial charge in [-0.3, -0.25) is 0 Å². The van der Waals surface area contributed by atoms with Crippen LogP contribution in [0.2, 0.25) is 0 Å². The minimum Gasteiger partial charge on any atom is -0.508 e. The fourth-order valence-corrected chi connectivity index (χ4v) is 2.56. The summed E-state index contributed by atoms with van der Waals surface area (Å²) in [6.45, 7) is 4.22. The average molecular weight is 245 g/mol. The van der Waals surface area contributed by atoms with E-state index < -0.39 is 0 Å². The van der Waals surface area contributed by atoms with Crippen molar-refractivity contribution in [2.75, 3.05) is 0 Å². The van der Waals surface area contributed by atoms with E-state index in [9.17, 15) is 5.11 Å². The van der Waals surface area contributed by atoms with E-state index in [0.29, 0.717) is 0 Å². The normalized spacial score (nSPS) is 11.2. The number of aryl methyl sites for hydroxylation is 2. The summed E-state index contributed by atoms with van der Waals surface area (Å²) in [6.07, 6.45) is 4.94. The van der Waals surface area contributed by atoms with E-state index in [2.05, 4.69) is 18.8 Å². The molecule has 88 valence electrons. The molecule has 1 heterocycles. The summed E-state index contributed by atoms with van der Waals surface area (Å²) in [4.78, 5) is 5.82. The topological polar surface area (TPSA) is 33.1 Å². The number of aromatic nitrogens is 1. The molecule has 1 aromatic carbocycles. The first-order chi connectivity index (χ1) is 8.19. The number of benzene rings is 1. The quantitative estimate of drug-likeness (QED) is 0.890. The number of hydrogen-bond acceptors (Lipinski definition) is 3. The standard InChI is InChI=1S/C14H15NOS/c1-3-13-10(2)17-14(15-13)8-7-11-5-4-6-12(16)9-11/h4-9,16H,3H2,1-2H3. The summed E-state index contributed by atoms with van der Waals surface area (Å²) in [6, 6.07) is 7.19. The maximum atomic E-state index is 9.35. The van der Waals surface area contributed by atoms with Crippen LogP contribution in [-0.2, 0) is 6.42 Å². The molecule has 0 unspecified atom stereocenters. The SMILES string of the molecule is CCc1nc(C=Cc2cccc(O)c2)sc1C. The molecule has 0 atom stereocenters. The van der Waals surface area contributed by atoms with Gasteiger partial charge in [-0.15, -0.1) is 11.3 Å². The van der Waals surface area contributed by atoms with Gasteiger partial charge >= 0.3 is 0 Å². The first-order valence-corrected chi connectivity index (χ1v) is 6.44. The van der Waals surface area contributed by atoms with Gasteiger partial charge in [-0.1, -0.05) is 25.1 Å². The van der Waals surface area contributed by atoms with Gasteiger partial charge in [0.05, 0.1) is 5.69 Å². The third-order valence-electron chi connectivity index (χ3n) is 2.53. The van der Waals surface area contributed by atoms with E-state index in [0.717, 1.165) is 17.0 Å². The Morgan fingerprint density at radius 2 is 2.18 bits per heavy atom. The highest BCUT2D eigenvalue weighted by molar-refractivity contribution is 7.12. The Balaban J connectivity index is 2.20. The van der Waals surface area contributed by atoms with Crippen molar-refractivity contribution in [1.82, 2.24) is 4.98 Å². The molecule has 0 saturated heterocycles. The Morgan fingerprint density at radius 1 is 1.35 bits per heavy atom. The van der Waals surface area contributed by atoms with Crippen molar-refractivity contribution in [3.63, 3.8) is 0 Å². The number of phenols is 1. The molecule has 2 rings (SSSR count). The van der Waals surface area contributed by atoms with Gasteiger partial charge in [0.15, 0.2) is 0 Å². The summed E-state index contributed by atoms with van der Waals surface area (Å²) >= 11 is 1.70. The van der Waals surface area contributed by atoms with Gasteiger partial charge in [-0.25, -0.2) is 4.98 Å². The zero-order valence-electron chi connectivity index (χ0n) is 9.97. The zero-order valence-corrected chi connectivity index (χ0v) is 10.8. The lowest BCUT2D eigenvalue weighted by Gasteiger charge is -1.93. The second kappa shape index (κ2) is 5.15. The fourth-order valence-electron chi connectivity index (χ4n) is 1.65. The summed E-state index contributed by atoms with van der Waals surface area (Å²) in [5.74, 6) is 0.289. The highest BCUT2D eigenvalue weighted by Gasteiger charge is 2.02. The van der Waals surface area contributed by atoms with Gasteiger partial charge in [-0.2, -0.15) is 0 Å². The van der Waals surface area contributed by atoms with Gasteiger partial charge in [0, 0.05) is 4.88 Å². The predicted octanol–water partition coefficient (Wildman–Crippen LogP) is 3.89. The number of aromatic hydroxyl groups is 1. The average Bonchev–Trinajstić information content (AvgIpc) is 2.67. The monoisotopic (exact) mass is 245 g/mol. The van der Waals surface area contributed by atoms with E-state index in [1.165, 1.54) is 10.6 Å². The molecule has 0 aliphatic rings. The van der Waals surface area contributed by atoms with Crippen molar-refractivity contribution in [2.45, 2.75) is 20.3 Å². The maximum Gasteiger partial charge on any atom is 0.116 e. The van der Waals surface area contributed by atoms with Crippen LogP contribution in [0.25, 0.3) is 12.2 Å². The summed E-state index contributed by atoms with van der Waals surface area (Å²) in [7, 11) is 0. The second-order valence-corrected chi connectivity index (χ2v) is 5.07. The largest absolute Gasteiger partial charge is 0.508 e. The van der Waals surface area contributed by atoms with Crippen LogP contribution in [0.3, 0.4) is 0 Å². The van der Waals surface area contributed by atoms with Crippen molar-refractivity contribution in [2.24, 2.45) is 0 Å². The molecule has 0 spiro atoms. The molecule has 0 bridgehead atoms. The van der Waals surface area contributed by atoms with E-state index in [-0.39, 0.29) is 5.75 Å². The van der Waals surface area contributed by atoms with E-state index in [4.69, 9.17) is 0 Å². The summed E-state index contributed by atoms with van der Waals surface area (Å²) in [5, 5.41) is 10.4. The molecule has 0 saturated carbocycles. The second-order valence-electron chi connectivity index (χ2n) is 3.84. The van der Waals surface area contributed by atoms with Gasteiger partial charge in [0.25, 0.3) is 0 Å². The molecule has 0 radical (unpaired) electrons. The Hall–Kier alpha value is -1.61. The minimum atomic E-state index is 0.289. The van der Waals surface area contributed by atoms with Gasteiger partial charge < -0.3 is 5.11 Å². The molecule has 0 aliphatic carbocycles. The third kappa shape index (κ3) is 2.94. The number of phenolic OH excluding ortho intramolecular Hbond substituents is 1. The lowest BCUT2D eigenvalue weighted by atomic mass is 10.2. The number of rotatable bonds is 3. The molecular weight excluding hydrogens is 230 g/mol. The summed E-state index contributed by atoms with van der Waals surface area (Å²) in [5.41, 5.74) is 2.15. The first kappa shape index (κ1) is 11.9. The Bertz CT molecular complexity index is 543. The summed E-state index contributed by atoms with van der Waals surface area (Å²) < 4.78 is 0. The van der Waals surface area contributed by atoms with Crippen LogP contribution in [0, 0.1) is 6.92 Å². The molecule has 3 heteroatoms. The predicted molar refractivity (Wildman–Crippen MR) is 73.3 cm³/mol. The van der Waals surface area contributed by atoms with Gasteiger partial charge in [0.2, 0.25) is 0 Å². The molecule has 0 amide bonds. The van der Waals surface area contributed by atoms with Gasteiger partial charge in [-0.05, 0) is 37.1 Å². The molecule has 2 nitrogen and oxygen atoms in total. The van der Waals surface area contributed by atoms with Crippen LogP contribution in [0.5, 0.6) is 5.75 Å². The highest BCUT2D eigenvalue weighted by atomic mass is 32.1. The smallest absolute Gasteiger partial charge is 0.116 e. The number of nitrogens with zero attached hydrogens (tertiary/aromatic N) is 1. The number of thiazole rings is 1. The van der Waals surface area contributed by atoms with Crippen molar-refractivity contribution in [3.05, 3.63) is 45.4 Å². The zero-order chi connectivity index (χ0) is 12.3. The lowest BCUT2D eigenvalue weighted by molar-refractivity contribution is 0.475. The highest BCUT2D eigenvalue weighted by Crippen LogP contribution is 2.20. The van der Waals surface area contributed by atoms with Crippen LogP contribution in [-0.4, -0.2) is 10.1 Å². The molecular formula is C14H15NOS. The van der Waals surface area contributed by atoms with E-state index >= 15 is 0 Å². The van der Waals surface area contributed by atoms with Crippen LogP contribution >= 0.6 is 11.3 Å². The lowest BCUT2D eigenvalue weighted by Crippen LogP contribution is -1.81. The Labute approximate surface area is 105 Å². The Kier molecular flexibility index (Phi) is 3.59. The first-order valence-electron chi connectivity index (χ1n) is 5.62. The van der Waals surface area contributed by atoms with Crippen LogP contribution in [0.4, 0.5) is 0 Å². The third-order valence-corrected chi connectivity index (χ3v) is 3.51. The molecule has 0 aliphatic heterocycles. The van der Waals surface area contributed by atoms with Gasteiger partial charge in [0.1, 0.15) is 10.8 Å². The van der Waals surface area contributed by atoms with E-state index in [1.807, 2.05) is 24.3 Å². The molecule has 2 aromatic rings. The van der Waals surface area contributed by atoms with Crippen molar-refractivity contribution >= 4 is 23.5 Å². The molecule has 1 aromatic heterocycles. The number of hydrogen-bond donors (Lipinski definition) is 1.